The summed E-state index contributed by atoms with van der Waals surface area (Å²) < 4.78 is 59.3. The topological polar surface area (TPSA) is 107 Å². The van der Waals surface area contributed by atoms with Crippen LogP contribution >= 0.6 is 11.3 Å². The lowest BCUT2D eigenvalue weighted by atomic mass is 10.0. The first kappa shape index (κ1) is 22.4. The van der Waals surface area contributed by atoms with Gasteiger partial charge in [0.1, 0.15) is 17.2 Å². The number of benzene rings is 2. The molecule has 2 heterocycles. The van der Waals surface area contributed by atoms with Gasteiger partial charge in [-0.3, -0.25) is 4.79 Å². The van der Waals surface area contributed by atoms with E-state index in [1.165, 1.54) is 18.2 Å². The lowest BCUT2D eigenvalue weighted by Crippen LogP contribution is -2.44. The van der Waals surface area contributed by atoms with Crippen LogP contribution in [-0.4, -0.2) is 26.8 Å². The Morgan fingerprint density at radius 3 is 2.50 bits per heavy atom. The standard InChI is InChI=1S/C22H17F4N5O2S/c23-19-13(11-1-3-12(4-2-11)22(24,25)26)5-6-14-20(19)34-18(28-14)10-17-31-30-16(33-17)9-15(32)29-21(27)7-8-21/h1-6H,7-10,27H2,(H,29,32). The highest BCUT2D eigenvalue weighted by Crippen LogP contribution is 2.35. The zero-order valence-corrected chi connectivity index (χ0v) is 18.3. The number of nitrogens with one attached hydrogen (secondary N) is 1. The summed E-state index contributed by atoms with van der Waals surface area (Å²) in [5.41, 5.74) is 5.32. The van der Waals surface area contributed by atoms with E-state index in [1.54, 1.807) is 6.07 Å². The van der Waals surface area contributed by atoms with Crippen molar-refractivity contribution in [3.63, 3.8) is 0 Å². The van der Waals surface area contributed by atoms with Crippen molar-refractivity contribution in [1.82, 2.24) is 20.5 Å². The van der Waals surface area contributed by atoms with Gasteiger partial charge in [0.2, 0.25) is 17.7 Å². The number of nitrogens with two attached hydrogens (primary N) is 1. The van der Waals surface area contributed by atoms with Crippen molar-refractivity contribution in [2.45, 2.75) is 37.5 Å². The smallest absolute Gasteiger partial charge is 0.416 e. The number of hydrogen-bond acceptors (Lipinski definition) is 7. The van der Waals surface area contributed by atoms with Gasteiger partial charge in [-0.15, -0.1) is 21.5 Å². The minimum Gasteiger partial charge on any atom is -0.424 e. The molecule has 12 heteroatoms. The third-order valence-electron chi connectivity index (χ3n) is 5.36. The highest BCUT2D eigenvalue weighted by Gasteiger charge is 2.39. The Morgan fingerprint density at radius 2 is 1.82 bits per heavy atom. The van der Waals surface area contributed by atoms with E-state index in [2.05, 4.69) is 20.5 Å². The van der Waals surface area contributed by atoms with E-state index < -0.39 is 23.2 Å². The summed E-state index contributed by atoms with van der Waals surface area (Å²) in [5.74, 6) is -0.527. The van der Waals surface area contributed by atoms with Crippen LogP contribution in [0.25, 0.3) is 21.3 Å². The van der Waals surface area contributed by atoms with Gasteiger partial charge in [0.05, 0.1) is 27.9 Å². The van der Waals surface area contributed by atoms with E-state index in [1.807, 2.05) is 0 Å². The maximum atomic E-state index is 15.2. The van der Waals surface area contributed by atoms with Crippen LogP contribution in [0.1, 0.15) is 35.2 Å². The summed E-state index contributed by atoms with van der Waals surface area (Å²) in [4.78, 5) is 16.4. The minimum atomic E-state index is -4.46. The molecule has 7 nitrogen and oxygen atoms in total. The molecule has 1 amide bonds. The Hall–Kier alpha value is -3.38. The number of aromatic nitrogens is 3. The molecule has 4 aromatic rings. The van der Waals surface area contributed by atoms with E-state index in [0.29, 0.717) is 16.1 Å². The number of carbonyl (C=O) groups excluding carboxylic acids is 1. The van der Waals surface area contributed by atoms with E-state index in [9.17, 15) is 18.0 Å². The van der Waals surface area contributed by atoms with Gasteiger partial charge < -0.3 is 15.5 Å². The van der Waals surface area contributed by atoms with E-state index in [-0.39, 0.29) is 40.8 Å². The molecule has 3 N–H and O–H groups in total. The molecule has 176 valence electrons. The van der Waals surface area contributed by atoms with Gasteiger partial charge in [-0.2, -0.15) is 13.2 Å². The molecule has 0 spiro atoms. The number of nitrogens with zero attached hydrogens (tertiary/aromatic N) is 3. The number of halogens is 4. The first-order valence-corrected chi connectivity index (χ1v) is 11.1. The average Bonchev–Trinajstić information content (AvgIpc) is 3.15. The predicted octanol–water partition coefficient (Wildman–Crippen LogP) is 4.20. The second kappa shape index (κ2) is 8.13. The molecule has 5 rings (SSSR count). The number of thiazole rings is 1. The van der Waals surface area contributed by atoms with Crippen LogP contribution in [0.3, 0.4) is 0 Å². The summed E-state index contributed by atoms with van der Waals surface area (Å²) in [6.45, 7) is 0. The van der Waals surface area contributed by atoms with Gasteiger partial charge in [-0.25, -0.2) is 9.37 Å². The molecule has 2 aromatic heterocycles. The highest BCUT2D eigenvalue weighted by molar-refractivity contribution is 7.18. The summed E-state index contributed by atoms with van der Waals surface area (Å²) in [6.07, 6.45) is -2.97. The monoisotopic (exact) mass is 491 g/mol. The Labute approximate surface area is 194 Å². The van der Waals surface area contributed by atoms with Gasteiger partial charge in [0, 0.05) is 5.56 Å². The Balaban J connectivity index is 1.32. The lowest BCUT2D eigenvalue weighted by Gasteiger charge is -2.09. The van der Waals surface area contributed by atoms with Crippen LogP contribution in [0.15, 0.2) is 40.8 Å². The Bertz CT molecular complexity index is 1380. The summed E-state index contributed by atoms with van der Waals surface area (Å²) >= 11 is 1.08. The SMILES string of the molecule is NC1(NC(=O)Cc2nnc(Cc3nc4ccc(-c5ccc(C(F)(F)F)cc5)c(F)c4s3)o2)CC1. The first-order valence-electron chi connectivity index (χ1n) is 10.3. The number of alkyl halides is 3. The van der Waals surface area contributed by atoms with Crippen molar-refractivity contribution in [2.75, 3.05) is 0 Å². The van der Waals surface area contributed by atoms with Crippen molar-refractivity contribution in [2.24, 2.45) is 5.73 Å². The van der Waals surface area contributed by atoms with Gasteiger partial charge in [0.15, 0.2) is 0 Å². The zero-order chi connectivity index (χ0) is 24.1. The van der Waals surface area contributed by atoms with Crippen LogP contribution < -0.4 is 11.1 Å². The largest absolute Gasteiger partial charge is 0.424 e. The molecule has 1 saturated carbocycles. The molecule has 0 radical (unpaired) electrons. The fourth-order valence-electron chi connectivity index (χ4n) is 3.42. The third-order valence-corrected chi connectivity index (χ3v) is 6.43. The summed E-state index contributed by atoms with van der Waals surface area (Å²) in [5, 5.41) is 11.0. The minimum absolute atomic E-state index is 0.100. The maximum absolute atomic E-state index is 15.2. The average molecular weight is 491 g/mol. The Kier molecular flexibility index (Phi) is 5.36. The predicted molar refractivity (Wildman–Crippen MR) is 115 cm³/mol. The highest BCUT2D eigenvalue weighted by atomic mass is 32.1. The van der Waals surface area contributed by atoms with Gasteiger partial charge >= 0.3 is 6.18 Å². The maximum Gasteiger partial charge on any atom is 0.416 e. The summed E-state index contributed by atoms with van der Waals surface area (Å²) in [6, 6.07) is 7.40. The number of amides is 1. The molecule has 0 saturated heterocycles. The second-order valence-electron chi connectivity index (χ2n) is 8.11. The number of fused-ring (bicyclic) bond motifs is 1. The van der Waals surface area contributed by atoms with Gasteiger partial charge in [-0.05, 0) is 42.7 Å². The molecular formula is C22H17F4N5O2S. The number of carbonyl (C=O) groups is 1. The summed E-state index contributed by atoms with van der Waals surface area (Å²) in [7, 11) is 0. The number of hydrogen-bond donors (Lipinski definition) is 2. The molecule has 1 aliphatic rings. The Morgan fingerprint density at radius 1 is 1.12 bits per heavy atom. The molecule has 0 unspecified atom stereocenters. The van der Waals surface area contributed by atoms with Crippen molar-refractivity contribution < 1.29 is 26.8 Å². The van der Waals surface area contributed by atoms with Crippen LogP contribution in [0, 0.1) is 5.82 Å². The number of rotatable bonds is 6. The van der Waals surface area contributed by atoms with Gasteiger partial charge in [-0.1, -0.05) is 12.1 Å². The van der Waals surface area contributed by atoms with E-state index in [4.69, 9.17) is 10.2 Å². The molecule has 1 aliphatic carbocycles. The molecular weight excluding hydrogens is 474 g/mol. The normalized spacial score (nSPS) is 15.0. The molecule has 0 bridgehead atoms. The molecule has 0 aliphatic heterocycles. The zero-order valence-electron chi connectivity index (χ0n) is 17.4. The van der Waals surface area contributed by atoms with Crippen LogP contribution in [0.4, 0.5) is 17.6 Å². The fourth-order valence-corrected chi connectivity index (χ4v) is 4.42. The van der Waals surface area contributed by atoms with Crippen molar-refractivity contribution in [1.29, 1.82) is 0 Å². The van der Waals surface area contributed by atoms with Crippen LogP contribution in [0.5, 0.6) is 0 Å². The quantitative estimate of drug-likeness (QED) is 0.309. The molecule has 34 heavy (non-hydrogen) atoms. The van der Waals surface area contributed by atoms with Crippen LogP contribution in [0.2, 0.25) is 0 Å². The van der Waals surface area contributed by atoms with Gasteiger partial charge in [0.25, 0.3) is 0 Å². The molecule has 0 atom stereocenters. The fraction of sp³-hybridized carbons (Fsp3) is 0.273. The van der Waals surface area contributed by atoms with Crippen LogP contribution in [-0.2, 0) is 23.8 Å². The van der Waals surface area contributed by atoms with E-state index in [0.717, 1.165) is 36.3 Å². The second-order valence-corrected chi connectivity index (χ2v) is 9.19. The third kappa shape index (κ3) is 4.64. The van der Waals surface area contributed by atoms with Crippen molar-refractivity contribution in [3.05, 3.63) is 64.6 Å². The first-order chi connectivity index (χ1) is 16.1. The molecule has 2 aromatic carbocycles. The lowest BCUT2D eigenvalue weighted by molar-refractivity contribution is -0.137. The van der Waals surface area contributed by atoms with E-state index >= 15 is 4.39 Å². The van der Waals surface area contributed by atoms with Crippen molar-refractivity contribution in [3.8, 4) is 11.1 Å². The van der Waals surface area contributed by atoms with Crippen molar-refractivity contribution >= 4 is 27.5 Å². The molecule has 1 fully saturated rings.